The topological polar surface area (TPSA) is 108 Å². The van der Waals surface area contributed by atoms with Gasteiger partial charge in [0.25, 0.3) is 5.56 Å². The van der Waals surface area contributed by atoms with Crippen molar-refractivity contribution in [1.82, 2.24) is 18.7 Å². The molecule has 2 aromatic heterocycles. The number of fused-ring (bicyclic) bond motifs is 1. The molecule has 0 aromatic carbocycles. The molecule has 1 aliphatic carbocycles. The van der Waals surface area contributed by atoms with Crippen LogP contribution in [0.25, 0.3) is 11.2 Å². The maximum atomic E-state index is 13.0. The highest BCUT2D eigenvalue weighted by Crippen LogP contribution is 2.35. The maximum absolute atomic E-state index is 13.0. The van der Waals surface area contributed by atoms with E-state index in [-0.39, 0.29) is 30.3 Å². The third-order valence-corrected chi connectivity index (χ3v) is 5.34. The highest BCUT2D eigenvalue weighted by atomic mass is 31.1. The van der Waals surface area contributed by atoms with Gasteiger partial charge in [0, 0.05) is 23.2 Å². The summed E-state index contributed by atoms with van der Waals surface area (Å²) in [7, 11) is -2.69. The second kappa shape index (κ2) is 10.8. The monoisotopic (exact) mass is 427 g/mol. The van der Waals surface area contributed by atoms with Gasteiger partial charge >= 0.3 is 13.9 Å². The molecule has 0 aliphatic heterocycles. The second-order valence-corrected chi connectivity index (χ2v) is 8.11. The van der Waals surface area contributed by atoms with E-state index in [1.807, 2.05) is 6.92 Å². The van der Waals surface area contributed by atoms with Crippen molar-refractivity contribution in [2.75, 3.05) is 6.61 Å². The van der Waals surface area contributed by atoms with Gasteiger partial charge in [-0.15, -0.1) is 9.42 Å². The van der Waals surface area contributed by atoms with Gasteiger partial charge in [-0.05, 0) is 32.6 Å². The predicted octanol–water partition coefficient (Wildman–Crippen LogP) is 3.53. The van der Waals surface area contributed by atoms with E-state index in [1.165, 1.54) is 17.4 Å². The van der Waals surface area contributed by atoms with Crippen LogP contribution >= 0.6 is 8.25 Å². The lowest BCUT2D eigenvalue weighted by Crippen LogP contribution is -2.42. The lowest BCUT2D eigenvalue weighted by atomic mass is 10.2. The molecule has 9 nitrogen and oxygen atoms in total. The minimum atomic E-state index is -2.69. The van der Waals surface area contributed by atoms with Crippen LogP contribution in [0, 0.1) is 0 Å². The van der Waals surface area contributed by atoms with Gasteiger partial charge in [0.1, 0.15) is 6.61 Å². The largest absolute Gasteiger partial charge is 0.694 e. The third-order valence-electron chi connectivity index (χ3n) is 4.93. The molecule has 2 unspecified atom stereocenters. The Bertz CT molecular complexity index is 942. The van der Waals surface area contributed by atoms with Crippen LogP contribution in [0.2, 0.25) is 0 Å². The molecular formula is C19H32N4O5P+. The van der Waals surface area contributed by atoms with Gasteiger partial charge in [-0.1, -0.05) is 33.6 Å². The molecule has 1 aliphatic rings. The fourth-order valence-corrected chi connectivity index (χ4v) is 3.33. The first-order chi connectivity index (χ1) is 13.9. The summed E-state index contributed by atoms with van der Waals surface area (Å²) < 4.78 is 19.9. The van der Waals surface area contributed by atoms with E-state index in [2.05, 4.69) is 23.4 Å². The van der Waals surface area contributed by atoms with Crippen molar-refractivity contribution in [2.45, 2.75) is 84.8 Å². The summed E-state index contributed by atoms with van der Waals surface area (Å²) in [4.78, 5) is 38.9. The van der Waals surface area contributed by atoms with E-state index in [0.29, 0.717) is 17.7 Å². The first-order valence-electron chi connectivity index (χ1n) is 10.4. The van der Waals surface area contributed by atoms with E-state index < -0.39 is 14.3 Å². The lowest BCUT2D eigenvalue weighted by molar-refractivity contribution is 0.256. The van der Waals surface area contributed by atoms with Crippen molar-refractivity contribution in [3.63, 3.8) is 0 Å². The van der Waals surface area contributed by atoms with Crippen molar-refractivity contribution >= 4 is 19.4 Å². The van der Waals surface area contributed by atoms with Gasteiger partial charge in [-0.25, -0.2) is 9.78 Å². The Hall–Kier alpha value is -1.83. The smallest absolute Gasteiger partial charge is 0.325 e. The first-order valence-corrected chi connectivity index (χ1v) is 11.5. The SMILES string of the molecule is CCCC.CCCn1cnc2c1c(=O)n(C(C)CCO[P+](=O)O)c(=O)n2C1CC1. The molecule has 29 heavy (non-hydrogen) atoms. The number of unbranched alkanes of at least 4 members (excludes halogenated alkanes) is 1. The standard InChI is InChI=1S/C15H21N4O5P.C4H10/c1-3-7-17-9-16-13-12(17)14(20)18(10(2)6-8-24-25(22)23)15(21)19(13)11-4-5-11;1-3-4-2/h9-11H,3-8H2,1-2H3;3-4H2,1-2H3/p+1. The molecule has 2 aromatic rings. The molecule has 2 heterocycles. The minimum absolute atomic E-state index is 0.00552. The van der Waals surface area contributed by atoms with Crippen LogP contribution in [-0.4, -0.2) is 30.2 Å². The lowest BCUT2D eigenvalue weighted by Gasteiger charge is -2.16. The van der Waals surface area contributed by atoms with E-state index in [9.17, 15) is 14.2 Å². The van der Waals surface area contributed by atoms with Crippen LogP contribution in [-0.2, 0) is 15.6 Å². The summed E-state index contributed by atoms with van der Waals surface area (Å²) in [6.07, 6.45) is 7.18. The number of aromatic nitrogens is 4. The van der Waals surface area contributed by atoms with E-state index in [1.54, 1.807) is 22.4 Å². The Morgan fingerprint density at radius 3 is 2.41 bits per heavy atom. The van der Waals surface area contributed by atoms with E-state index in [4.69, 9.17) is 4.89 Å². The molecule has 3 rings (SSSR count). The second-order valence-electron chi connectivity index (χ2n) is 7.38. The number of rotatable bonds is 9. The molecule has 1 N–H and O–H groups in total. The molecule has 0 saturated heterocycles. The van der Waals surface area contributed by atoms with Crippen LogP contribution in [0.4, 0.5) is 0 Å². The van der Waals surface area contributed by atoms with E-state index >= 15 is 0 Å². The molecule has 10 heteroatoms. The van der Waals surface area contributed by atoms with Gasteiger partial charge in [0.2, 0.25) is 0 Å². The number of aryl methyl sites for hydroxylation is 1. The Balaban J connectivity index is 0.000000687. The Morgan fingerprint density at radius 1 is 1.24 bits per heavy atom. The summed E-state index contributed by atoms with van der Waals surface area (Å²) in [6, 6.07) is -0.364. The number of nitrogens with zero attached hydrogens (tertiary/aromatic N) is 4. The normalized spacial score (nSPS) is 15.1. The molecule has 1 fully saturated rings. The zero-order valence-corrected chi connectivity index (χ0v) is 18.6. The summed E-state index contributed by atoms with van der Waals surface area (Å²) in [5.41, 5.74) is 0.143. The van der Waals surface area contributed by atoms with Crippen LogP contribution < -0.4 is 11.2 Å². The van der Waals surface area contributed by atoms with Gasteiger partial charge in [-0.3, -0.25) is 13.9 Å². The highest BCUT2D eigenvalue weighted by Gasteiger charge is 2.31. The van der Waals surface area contributed by atoms with Gasteiger partial charge in [-0.2, -0.15) is 0 Å². The van der Waals surface area contributed by atoms with Crippen molar-refractivity contribution in [1.29, 1.82) is 0 Å². The van der Waals surface area contributed by atoms with Crippen LogP contribution in [0.1, 0.15) is 78.3 Å². The number of hydrogen-bond acceptors (Lipinski definition) is 5. The Kier molecular flexibility index (Phi) is 8.74. The molecule has 1 saturated carbocycles. The van der Waals surface area contributed by atoms with Crippen LogP contribution in [0.5, 0.6) is 0 Å². The van der Waals surface area contributed by atoms with Crippen LogP contribution in [0.3, 0.4) is 0 Å². The zero-order chi connectivity index (χ0) is 21.6. The summed E-state index contributed by atoms with van der Waals surface area (Å²) in [5.74, 6) is 0. The fourth-order valence-electron chi connectivity index (χ4n) is 3.07. The minimum Gasteiger partial charge on any atom is -0.325 e. The molecule has 0 spiro atoms. The van der Waals surface area contributed by atoms with Crippen molar-refractivity contribution in [3.05, 3.63) is 27.2 Å². The summed E-state index contributed by atoms with van der Waals surface area (Å²) in [5, 5.41) is 0. The first kappa shape index (κ1) is 23.4. The summed E-state index contributed by atoms with van der Waals surface area (Å²) >= 11 is 0. The third kappa shape index (κ3) is 5.62. The molecule has 2 atom stereocenters. The molecule has 0 radical (unpaired) electrons. The van der Waals surface area contributed by atoms with Crippen molar-refractivity contribution in [3.8, 4) is 0 Å². The highest BCUT2D eigenvalue weighted by molar-refractivity contribution is 7.32. The Morgan fingerprint density at radius 2 is 1.90 bits per heavy atom. The Labute approximate surface area is 171 Å². The molecular weight excluding hydrogens is 395 g/mol. The molecule has 162 valence electrons. The number of hydrogen-bond donors (Lipinski definition) is 1. The van der Waals surface area contributed by atoms with Gasteiger partial charge < -0.3 is 4.57 Å². The van der Waals surface area contributed by atoms with Gasteiger partial charge in [0.05, 0.1) is 6.33 Å². The predicted molar refractivity (Wildman–Crippen MR) is 113 cm³/mol. The van der Waals surface area contributed by atoms with Crippen molar-refractivity contribution < 1.29 is 14.0 Å². The van der Waals surface area contributed by atoms with E-state index in [0.717, 1.165) is 19.3 Å². The summed E-state index contributed by atoms with van der Waals surface area (Å²) in [6.45, 7) is 8.75. The molecule has 0 amide bonds. The maximum Gasteiger partial charge on any atom is 0.694 e. The quantitative estimate of drug-likeness (QED) is 0.614. The average molecular weight is 427 g/mol. The van der Waals surface area contributed by atoms with Crippen molar-refractivity contribution in [2.24, 2.45) is 0 Å². The zero-order valence-electron chi connectivity index (χ0n) is 17.7. The van der Waals surface area contributed by atoms with Crippen LogP contribution in [0.15, 0.2) is 15.9 Å². The van der Waals surface area contributed by atoms with Gasteiger partial charge in [0.15, 0.2) is 11.2 Å². The number of imidazole rings is 1. The fraction of sp³-hybridized carbons (Fsp3) is 0.737. The average Bonchev–Trinajstić information content (AvgIpc) is 3.42. The molecule has 0 bridgehead atoms.